The second-order valence-electron chi connectivity index (χ2n) is 5.95. The minimum absolute atomic E-state index is 0.0918. The number of nitrogens with zero attached hydrogens (tertiary/aromatic N) is 1. The molecule has 0 aliphatic heterocycles. The minimum Gasteiger partial charge on any atom is -0.392 e. The molecule has 2 unspecified atom stereocenters. The fourth-order valence-corrected chi connectivity index (χ4v) is 3.17. The van der Waals surface area contributed by atoms with Crippen molar-refractivity contribution in [3.05, 3.63) is 0 Å². The largest absolute Gasteiger partial charge is 0.392 e. The van der Waals surface area contributed by atoms with Crippen molar-refractivity contribution in [2.24, 2.45) is 5.73 Å². The zero-order chi connectivity index (χ0) is 15.1. The Morgan fingerprint density at radius 2 is 2.00 bits per heavy atom. The Balaban J connectivity index is 2.63. The van der Waals surface area contributed by atoms with Crippen LogP contribution in [0.4, 0.5) is 0 Å². The number of carbonyl (C=O) groups is 1. The van der Waals surface area contributed by atoms with Gasteiger partial charge in [0.1, 0.15) is 0 Å². The average Bonchev–Trinajstić information content (AvgIpc) is 2.88. The molecule has 0 saturated heterocycles. The van der Waals surface area contributed by atoms with Crippen LogP contribution >= 0.6 is 12.2 Å². The molecule has 1 fully saturated rings. The van der Waals surface area contributed by atoms with Gasteiger partial charge in [0.05, 0.1) is 11.0 Å². The van der Waals surface area contributed by atoms with Crippen molar-refractivity contribution >= 4 is 23.1 Å². The summed E-state index contributed by atoms with van der Waals surface area (Å²) in [6, 6.07) is 0.503. The number of rotatable bonds is 8. The number of hydrogen-bond acceptors (Lipinski definition) is 3. The van der Waals surface area contributed by atoms with E-state index in [0.29, 0.717) is 17.6 Å². The normalized spacial score (nSPS) is 19.0. The summed E-state index contributed by atoms with van der Waals surface area (Å²) in [5, 5.41) is 3.09. The van der Waals surface area contributed by atoms with E-state index in [1.165, 1.54) is 12.8 Å². The van der Waals surface area contributed by atoms with Crippen LogP contribution in [0.25, 0.3) is 0 Å². The molecule has 5 heteroatoms. The zero-order valence-corrected chi connectivity index (χ0v) is 13.8. The molecule has 1 aliphatic rings. The van der Waals surface area contributed by atoms with Crippen LogP contribution in [-0.4, -0.2) is 40.5 Å². The molecule has 116 valence electrons. The highest BCUT2D eigenvalue weighted by Gasteiger charge is 2.30. The maximum Gasteiger partial charge on any atom is 0.237 e. The van der Waals surface area contributed by atoms with Gasteiger partial charge in [0, 0.05) is 18.6 Å². The Morgan fingerprint density at radius 3 is 2.50 bits per heavy atom. The van der Waals surface area contributed by atoms with Crippen LogP contribution in [0, 0.1) is 0 Å². The number of nitrogens with one attached hydrogen (secondary N) is 1. The standard InChI is InChI=1S/C15H29N3OS/c1-4-7-11(2)17-15(19)12(3)18(10-14(16)20)13-8-5-6-9-13/h11-13H,4-10H2,1-3H3,(H2,16,20)(H,17,19). The van der Waals surface area contributed by atoms with Crippen LogP contribution in [0.5, 0.6) is 0 Å². The highest BCUT2D eigenvalue weighted by atomic mass is 32.1. The predicted octanol–water partition coefficient (Wildman–Crippen LogP) is 2.21. The quantitative estimate of drug-likeness (QED) is 0.675. The van der Waals surface area contributed by atoms with E-state index in [1.807, 2.05) is 6.92 Å². The topological polar surface area (TPSA) is 58.4 Å². The van der Waals surface area contributed by atoms with Gasteiger partial charge in [0.2, 0.25) is 5.91 Å². The van der Waals surface area contributed by atoms with E-state index in [2.05, 4.69) is 24.1 Å². The second-order valence-corrected chi connectivity index (χ2v) is 6.48. The van der Waals surface area contributed by atoms with E-state index in [0.717, 1.165) is 25.7 Å². The van der Waals surface area contributed by atoms with Crippen molar-refractivity contribution in [1.82, 2.24) is 10.2 Å². The van der Waals surface area contributed by atoms with Crippen LogP contribution in [0.2, 0.25) is 0 Å². The summed E-state index contributed by atoms with van der Waals surface area (Å²) < 4.78 is 0. The SMILES string of the molecule is CCCC(C)NC(=O)C(C)N(CC(N)=S)C1CCCC1. The third kappa shape index (κ3) is 5.37. The first-order chi connectivity index (χ1) is 9.45. The lowest BCUT2D eigenvalue weighted by Gasteiger charge is -2.33. The minimum atomic E-state index is -0.168. The van der Waals surface area contributed by atoms with Gasteiger partial charge in [-0.15, -0.1) is 0 Å². The summed E-state index contributed by atoms with van der Waals surface area (Å²) in [5.41, 5.74) is 5.71. The van der Waals surface area contributed by atoms with E-state index >= 15 is 0 Å². The first kappa shape index (κ1) is 17.4. The van der Waals surface area contributed by atoms with Gasteiger partial charge in [-0.3, -0.25) is 9.69 Å². The van der Waals surface area contributed by atoms with Crippen LogP contribution in [0.1, 0.15) is 59.3 Å². The van der Waals surface area contributed by atoms with Crippen molar-refractivity contribution in [3.63, 3.8) is 0 Å². The summed E-state index contributed by atoms with van der Waals surface area (Å²) in [5.74, 6) is 0.0918. The lowest BCUT2D eigenvalue weighted by Crippen LogP contribution is -2.52. The Bertz CT molecular complexity index is 329. The molecular weight excluding hydrogens is 270 g/mol. The smallest absolute Gasteiger partial charge is 0.237 e. The average molecular weight is 299 g/mol. The van der Waals surface area contributed by atoms with Gasteiger partial charge in [-0.1, -0.05) is 38.4 Å². The van der Waals surface area contributed by atoms with Crippen LogP contribution in [0.3, 0.4) is 0 Å². The Labute approximate surface area is 128 Å². The molecule has 0 aromatic carbocycles. The van der Waals surface area contributed by atoms with Crippen molar-refractivity contribution in [2.75, 3.05) is 6.54 Å². The highest BCUT2D eigenvalue weighted by molar-refractivity contribution is 7.80. The molecular formula is C15H29N3OS. The molecule has 1 aliphatic carbocycles. The Morgan fingerprint density at radius 1 is 1.40 bits per heavy atom. The van der Waals surface area contributed by atoms with Gasteiger partial charge >= 0.3 is 0 Å². The van der Waals surface area contributed by atoms with Gasteiger partial charge < -0.3 is 11.1 Å². The number of carbonyl (C=O) groups excluding carboxylic acids is 1. The molecule has 2 atom stereocenters. The van der Waals surface area contributed by atoms with Gasteiger partial charge in [-0.05, 0) is 33.1 Å². The molecule has 0 aromatic rings. The molecule has 0 spiro atoms. The fourth-order valence-electron chi connectivity index (χ4n) is 3.02. The monoisotopic (exact) mass is 299 g/mol. The lowest BCUT2D eigenvalue weighted by atomic mass is 10.1. The van der Waals surface area contributed by atoms with Gasteiger partial charge in [-0.2, -0.15) is 0 Å². The summed E-state index contributed by atoms with van der Waals surface area (Å²) in [7, 11) is 0. The van der Waals surface area contributed by atoms with Gasteiger partial charge in [0.25, 0.3) is 0 Å². The lowest BCUT2D eigenvalue weighted by molar-refractivity contribution is -0.127. The summed E-state index contributed by atoms with van der Waals surface area (Å²) >= 11 is 5.05. The van der Waals surface area contributed by atoms with E-state index < -0.39 is 0 Å². The fraction of sp³-hybridized carbons (Fsp3) is 0.867. The molecule has 0 aromatic heterocycles. The molecule has 4 nitrogen and oxygen atoms in total. The molecule has 0 heterocycles. The molecule has 1 saturated carbocycles. The molecule has 1 amide bonds. The van der Waals surface area contributed by atoms with E-state index in [-0.39, 0.29) is 18.0 Å². The van der Waals surface area contributed by atoms with Crippen molar-refractivity contribution in [1.29, 1.82) is 0 Å². The molecule has 0 bridgehead atoms. The predicted molar refractivity (Wildman–Crippen MR) is 87.7 cm³/mol. The zero-order valence-electron chi connectivity index (χ0n) is 13.0. The number of thiocarbonyl (C=S) groups is 1. The molecule has 3 N–H and O–H groups in total. The van der Waals surface area contributed by atoms with Crippen molar-refractivity contribution in [2.45, 2.75) is 77.4 Å². The van der Waals surface area contributed by atoms with Crippen LogP contribution in [0.15, 0.2) is 0 Å². The van der Waals surface area contributed by atoms with Crippen LogP contribution in [-0.2, 0) is 4.79 Å². The summed E-state index contributed by atoms with van der Waals surface area (Å²) in [4.78, 5) is 15.0. The van der Waals surface area contributed by atoms with Gasteiger partial charge in [-0.25, -0.2) is 0 Å². The highest BCUT2D eigenvalue weighted by Crippen LogP contribution is 2.25. The summed E-state index contributed by atoms with van der Waals surface area (Å²) in [6.07, 6.45) is 6.85. The Hall–Kier alpha value is -0.680. The Kier molecular flexibility index (Phi) is 7.45. The van der Waals surface area contributed by atoms with Crippen molar-refractivity contribution < 1.29 is 4.79 Å². The maximum absolute atomic E-state index is 12.4. The third-order valence-electron chi connectivity index (χ3n) is 4.12. The van der Waals surface area contributed by atoms with Crippen LogP contribution < -0.4 is 11.1 Å². The van der Waals surface area contributed by atoms with E-state index in [1.54, 1.807) is 0 Å². The number of amides is 1. The van der Waals surface area contributed by atoms with E-state index in [4.69, 9.17) is 18.0 Å². The molecule has 1 rings (SSSR count). The molecule has 20 heavy (non-hydrogen) atoms. The van der Waals surface area contributed by atoms with E-state index in [9.17, 15) is 4.79 Å². The molecule has 0 radical (unpaired) electrons. The maximum atomic E-state index is 12.4. The number of hydrogen-bond donors (Lipinski definition) is 2. The van der Waals surface area contributed by atoms with Crippen molar-refractivity contribution in [3.8, 4) is 0 Å². The second kappa shape index (κ2) is 8.57. The summed E-state index contributed by atoms with van der Waals surface area (Å²) in [6.45, 7) is 6.69. The number of nitrogens with two attached hydrogens (primary N) is 1. The van der Waals surface area contributed by atoms with Gasteiger partial charge in [0.15, 0.2) is 0 Å². The third-order valence-corrected chi connectivity index (χ3v) is 4.25. The first-order valence-electron chi connectivity index (χ1n) is 7.80. The first-order valence-corrected chi connectivity index (χ1v) is 8.21.